The molecule has 0 saturated heterocycles. The Kier molecular flexibility index (Phi) is 4.05. The second kappa shape index (κ2) is 5.10. The Morgan fingerprint density at radius 3 is 2.62 bits per heavy atom. The Morgan fingerprint density at radius 2 is 2.12 bits per heavy atom. The molecule has 0 atom stereocenters. The van der Waals surface area contributed by atoms with Crippen molar-refractivity contribution in [2.45, 2.75) is 39.7 Å². The zero-order valence-corrected chi connectivity index (χ0v) is 10.4. The van der Waals surface area contributed by atoms with Crippen molar-refractivity contribution in [1.82, 2.24) is 10.3 Å². The van der Waals surface area contributed by atoms with Crippen LogP contribution < -0.4 is 5.32 Å². The molecular weight excluding hydrogens is 200 g/mol. The minimum atomic E-state index is -0.409. The van der Waals surface area contributed by atoms with Crippen molar-refractivity contribution in [2.75, 3.05) is 0 Å². The molecule has 1 aromatic heterocycles. The molecule has 0 saturated carbocycles. The molecule has 16 heavy (non-hydrogen) atoms. The number of amides is 1. The van der Waals surface area contributed by atoms with Gasteiger partial charge in [-0.3, -0.25) is 9.78 Å². The van der Waals surface area contributed by atoms with Crippen LogP contribution in [0.3, 0.4) is 0 Å². The van der Waals surface area contributed by atoms with Gasteiger partial charge in [0, 0.05) is 12.6 Å². The van der Waals surface area contributed by atoms with Crippen molar-refractivity contribution in [3.8, 4) is 0 Å². The number of carbonyl (C=O) groups excluding carboxylic acids is 1. The predicted octanol–water partition coefficient (Wildman–Crippen LogP) is 2.48. The zero-order valence-electron chi connectivity index (χ0n) is 10.4. The van der Waals surface area contributed by atoms with Gasteiger partial charge in [0.2, 0.25) is 5.91 Å². The number of hydrogen-bond acceptors (Lipinski definition) is 2. The van der Waals surface area contributed by atoms with E-state index in [1.807, 2.05) is 45.9 Å². The molecule has 1 amide bonds. The fourth-order valence-corrected chi connectivity index (χ4v) is 1.57. The highest BCUT2D eigenvalue weighted by Crippen LogP contribution is 2.17. The van der Waals surface area contributed by atoms with Crippen molar-refractivity contribution >= 4 is 5.91 Å². The maximum absolute atomic E-state index is 11.7. The van der Waals surface area contributed by atoms with Gasteiger partial charge in [0.25, 0.3) is 0 Å². The molecule has 0 spiro atoms. The van der Waals surface area contributed by atoms with E-state index < -0.39 is 5.54 Å². The van der Waals surface area contributed by atoms with E-state index >= 15 is 0 Å². The predicted molar refractivity (Wildman–Crippen MR) is 64.9 cm³/mol. The van der Waals surface area contributed by atoms with Crippen LogP contribution in [0, 0.1) is 5.92 Å². The quantitative estimate of drug-likeness (QED) is 0.847. The van der Waals surface area contributed by atoms with Gasteiger partial charge in [-0.1, -0.05) is 19.9 Å². The Bertz CT molecular complexity index is 344. The fraction of sp³-hybridized carbons (Fsp3) is 0.538. The summed E-state index contributed by atoms with van der Waals surface area (Å²) in [5.74, 6) is 0.449. The lowest BCUT2D eigenvalue weighted by Crippen LogP contribution is -2.41. The highest BCUT2D eigenvalue weighted by Gasteiger charge is 2.23. The monoisotopic (exact) mass is 220 g/mol. The summed E-state index contributed by atoms with van der Waals surface area (Å²) in [5, 5.41) is 3.00. The van der Waals surface area contributed by atoms with Crippen LogP contribution in [0.2, 0.25) is 0 Å². The number of carbonyl (C=O) groups is 1. The van der Waals surface area contributed by atoms with Crippen LogP contribution in [0.1, 0.15) is 39.8 Å². The number of pyridine rings is 1. The third-order valence-corrected chi connectivity index (χ3v) is 2.35. The number of hydrogen-bond donors (Lipinski definition) is 1. The van der Waals surface area contributed by atoms with Crippen LogP contribution in [0.5, 0.6) is 0 Å². The molecular formula is C13H20N2O. The van der Waals surface area contributed by atoms with Gasteiger partial charge in [-0.25, -0.2) is 0 Å². The van der Waals surface area contributed by atoms with Crippen LogP contribution in [0.25, 0.3) is 0 Å². The number of nitrogens with zero attached hydrogens (tertiary/aromatic N) is 1. The largest absolute Gasteiger partial charge is 0.346 e. The van der Waals surface area contributed by atoms with E-state index in [0.29, 0.717) is 12.3 Å². The molecule has 1 N–H and O–H groups in total. The Morgan fingerprint density at radius 1 is 1.44 bits per heavy atom. The van der Waals surface area contributed by atoms with Crippen LogP contribution in [0.15, 0.2) is 24.4 Å². The zero-order chi connectivity index (χ0) is 12.2. The average molecular weight is 220 g/mol. The molecule has 0 aliphatic heterocycles. The first kappa shape index (κ1) is 12.7. The van der Waals surface area contributed by atoms with Crippen LogP contribution in [0.4, 0.5) is 0 Å². The lowest BCUT2D eigenvalue weighted by atomic mass is 9.99. The average Bonchev–Trinajstić information content (AvgIpc) is 2.16. The number of aromatic nitrogens is 1. The third-order valence-electron chi connectivity index (χ3n) is 2.35. The first-order chi connectivity index (χ1) is 7.42. The summed E-state index contributed by atoms with van der Waals surface area (Å²) in [4.78, 5) is 16.0. The molecule has 0 fully saturated rings. The standard InChI is InChI=1S/C13H20N2O/c1-10(2)9-12(16)15-13(3,4)11-7-5-6-8-14-11/h5-8,10H,9H2,1-4H3,(H,15,16). The van der Waals surface area contributed by atoms with E-state index in [1.165, 1.54) is 0 Å². The summed E-state index contributed by atoms with van der Waals surface area (Å²) in [6.45, 7) is 8.00. The molecule has 1 rings (SSSR count). The number of nitrogens with one attached hydrogen (secondary N) is 1. The molecule has 3 heteroatoms. The van der Waals surface area contributed by atoms with Gasteiger partial charge in [0.15, 0.2) is 0 Å². The summed E-state index contributed by atoms with van der Waals surface area (Å²) in [5.41, 5.74) is 0.472. The van der Waals surface area contributed by atoms with E-state index in [1.54, 1.807) is 6.20 Å². The van der Waals surface area contributed by atoms with Crippen molar-refractivity contribution < 1.29 is 4.79 Å². The minimum absolute atomic E-state index is 0.0747. The molecule has 1 aromatic rings. The topological polar surface area (TPSA) is 42.0 Å². The van der Waals surface area contributed by atoms with Crippen molar-refractivity contribution in [1.29, 1.82) is 0 Å². The first-order valence-corrected chi connectivity index (χ1v) is 5.64. The smallest absolute Gasteiger partial charge is 0.220 e. The molecule has 0 bridgehead atoms. The van der Waals surface area contributed by atoms with E-state index in [-0.39, 0.29) is 5.91 Å². The summed E-state index contributed by atoms with van der Waals surface area (Å²) >= 11 is 0. The van der Waals surface area contributed by atoms with Gasteiger partial charge in [0.05, 0.1) is 11.2 Å². The molecule has 1 heterocycles. The Labute approximate surface area is 97.3 Å². The molecule has 88 valence electrons. The van der Waals surface area contributed by atoms with Gasteiger partial charge < -0.3 is 5.32 Å². The maximum Gasteiger partial charge on any atom is 0.220 e. The molecule has 0 aromatic carbocycles. The highest BCUT2D eigenvalue weighted by atomic mass is 16.1. The molecule has 0 unspecified atom stereocenters. The van der Waals surface area contributed by atoms with E-state index in [0.717, 1.165) is 5.69 Å². The van der Waals surface area contributed by atoms with Gasteiger partial charge in [-0.15, -0.1) is 0 Å². The van der Waals surface area contributed by atoms with Crippen LogP contribution >= 0.6 is 0 Å². The molecule has 0 aliphatic carbocycles. The summed E-state index contributed by atoms with van der Waals surface area (Å²) in [6, 6.07) is 5.73. The van der Waals surface area contributed by atoms with Gasteiger partial charge in [0.1, 0.15) is 0 Å². The van der Waals surface area contributed by atoms with E-state index in [9.17, 15) is 4.79 Å². The SMILES string of the molecule is CC(C)CC(=O)NC(C)(C)c1ccccn1. The first-order valence-electron chi connectivity index (χ1n) is 5.64. The van der Waals surface area contributed by atoms with Crippen LogP contribution in [-0.4, -0.2) is 10.9 Å². The van der Waals surface area contributed by atoms with Gasteiger partial charge >= 0.3 is 0 Å². The Balaban J connectivity index is 2.69. The number of rotatable bonds is 4. The minimum Gasteiger partial charge on any atom is -0.346 e. The highest BCUT2D eigenvalue weighted by molar-refractivity contribution is 5.77. The lowest BCUT2D eigenvalue weighted by molar-refractivity contribution is -0.123. The second-order valence-electron chi connectivity index (χ2n) is 4.99. The maximum atomic E-state index is 11.7. The van der Waals surface area contributed by atoms with Gasteiger partial charge in [-0.05, 0) is 31.9 Å². The fourth-order valence-electron chi connectivity index (χ4n) is 1.57. The summed E-state index contributed by atoms with van der Waals surface area (Å²) in [7, 11) is 0. The molecule has 0 radical (unpaired) electrons. The van der Waals surface area contributed by atoms with Crippen molar-refractivity contribution in [3.63, 3.8) is 0 Å². The summed E-state index contributed by atoms with van der Waals surface area (Å²) in [6.07, 6.45) is 2.29. The van der Waals surface area contributed by atoms with Crippen LogP contribution in [-0.2, 0) is 10.3 Å². The van der Waals surface area contributed by atoms with Gasteiger partial charge in [-0.2, -0.15) is 0 Å². The van der Waals surface area contributed by atoms with Crippen molar-refractivity contribution in [3.05, 3.63) is 30.1 Å². The third kappa shape index (κ3) is 3.65. The second-order valence-corrected chi connectivity index (χ2v) is 4.99. The van der Waals surface area contributed by atoms with Crippen molar-refractivity contribution in [2.24, 2.45) is 5.92 Å². The molecule has 3 nitrogen and oxygen atoms in total. The van der Waals surface area contributed by atoms with E-state index in [4.69, 9.17) is 0 Å². The summed E-state index contributed by atoms with van der Waals surface area (Å²) < 4.78 is 0. The van der Waals surface area contributed by atoms with E-state index in [2.05, 4.69) is 10.3 Å². The lowest BCUT2D eigenvalue weighted by Gasteiger charge is -2.26. The molecule has 0 aliphatic rings. The normalized spacial score (nSPS) is 11.6. The Hall–Kier alpha value is -1.38.